The number of morpholine rings is 1. The van der Waals surface area contributed by atoms with Crippen molar-refractivity contribution in [3.63, 3.8) is 0 Å². The zero-order valence-electron chi connectivity index (χ0n) is 20.1. The van der Waals surface area contributed by atoms with Gasteiger partial charge in [0.15, 0.2) is 0 Å². The number of thioether (sulfide) groups is 1. The third-order valence-corrected chi connectivity index (χ3v) is 11.0. The van der Waals surface area contributed by atoms with Gasteiger partial charge in [-0.3, -0.25) is 9.69 Å². The van der Waals surface area contributed by atoms with Crippen molar-refractivity contribution in [3.05, 3.63) is 77.0 Å². The van der Waals surface area contributed by atoms with E-state index in [1.807, 2.05) is 60.8 Å². The van der Waals surface area contributed by atoms with Crippen LogP contribution in [0, 0.1) is 0 Å². The Morgan fingerprint density at radius 1 is 1.03 bits per heavy atom. The highest BCUT2D eigenvalue weighted by Crippen LogP contribution is 2.29. The van der Waals surface area contributed by atoms with Crippen LogP contribution in [0.2, 0.25) is 0 Å². The van der Waals surface area contributed by atoms with Crippen molar-refractivity contribution in [3.8, 4) is 0 Å². The Hall–Kier alpha value is -1.66. The van der Waals surface area contributed by atoms with E-state index in [9.17, 15) is 13.2 Å². The Balaban J connectivity index is 1.48. The van der Waals surface area contributed by atoms with Gasteiger partial charge >= 0.3 is 0 Å². The summed E-state index contributed by atoms with van der Waals surface area (Å²) in [6.07, 6.45) is 0. The fraction of sp³-hybridized carbons (Fsp3) is 0.346. The van der Waals surface area contributed by atoms with Crippen molar-refractivity contribution in [2.45, 2.75) is 27.7 Å². The normalized spacial score (nSPS) is 15.7. The van der Waals surface area contributed by atoms with Gasteiger partial charge in [-0.1, -0.05) is 47.8 Å². The first kappa shape index (κ1) is 27.4. The molecule has 1 saturated heterocycles. The SMILES string of the molecule is CC(CSC(=O)c1cccs1)N(CCN1CCOCC1)S(=O)(=O)c1ccc(Sc2ccccc2)cc1. The molecule has 1 aliphatic rings. The lowest BCUT2D eigenvalue weighted by molar-refractivity contribution is 0.0357. The molecule has 0 saturated carbocycles. The first-order chi connectivity index (χ1) is 17.4. The van der Waals surface area contributed by atoms with Gasteiger partial charge in [0.1, 0.15) is 0 Å². The Kier molecular flexibility index (Phi) is 10.1. The van der Waals surface area contributed by atoms with Crippen LogP contribution >= 0.6 is 34.9 Å². The lowest BCUT2D eigenvalue weighted by Gasteiger charge is -2.32. The Morgan fingerprint density at radius 2 is 1.72 bits per heavy atom. The lowest BCUT2D eigenvalue weighted by Crippen LogP contribution is -2.46. The fourth-order valence-corrected chi connectivity index (χ4v) is 8.04. The summed E-state index contributed by atoms with van der Waals surface area (Å²) in [6.45, 7) is 5.77. The Morgan fingerprint density at radius 3 is 2.39 bits per heavy atom. The average molecular weight is 563 g/mol. The molecule has 0 amide bonds. The number of hydrogen-bond donors (Lipinski definition) is 0. The van der Waals surface area contributed by atoms with Crippen molar-refractivity contribution in [1.29, 1.82) is 0 Å². The maximum Gasteiger partial charge on any atom is 0.243 e. The smallest absolute Gasteiger partial charge is 0.243 e. The van der Waals surface area contributed by atoms with Crippen LogP contribution in [-0.4, -0.2) is 73.9 Å². The molecule has 36 heavy (non-hydrogen) atoms. The maximum atomic E-state index is 13.8. The molecule has 3 aromatic rings. The van der Waals surface area contributed by atoms with Gasteiger partial charge in [0.05, 0.1) is 23.0 Å². The summed E-state index contributed by atoms with van der Waals surface area (Å²) in [5, 5.41) is 1.85. The number of carbonyl (C=O) groups excluding carboxylic acids is 1. The highest BCUT2D eigenvalue weighted by molar-refractivity contribution is 8.14. The van der Waals surface area contributed by atoms with E-state index in [1.54, 1.807) is 34.3 Å². The largest absolute Gasteiger partial charge is 0.379 e. The number of thiophene rings is 1. The average Bonchev–Trinajstić information content (AvgIpc) is 3.44. The van der Waals surface area contributed by atoms with Crippen LogP contribution in [-0.2, 0) is 14.8 Å². The molecule has 2 heterocycles. The standard InChI is InChI=1S/C26H30N2O4S4/c1-21(20-34-26(29)25-8-5-19-33-25)28(14-13-27-15-17-32-18-16-27)36(30,31)24-11-9-23(10-12-24)35-22-6-3-2-4-7-22/h2-12,19,21H,13-18,20H2,1H3. The summed E-state index contributed by atoms with van der Waals surface area (Å²) in [6, 6.07) is 20.4. The van der Waals surface area contributed by atoms with Gasteiger partial charge in [0.25, 0.3) is 0 Å². The topological polar surface area (TPSA) is 66.9 Å². The molecule has 0 aliphatic carbocycles. The van der Waals surface area contributed by atoms with Gasteiger partial charge in [0.2, 0.25) is 15.1 Å². The van der Waals surface area contributed by atoms with E-state index in [0.29, 0.717) is 36.9 Å². The zero-order chi connectivity index (χ0) is 25.4. The highest BCUT2D eigenvalue weighted by atomic mass is 32.2. The van der Waals surface area contributed by atoms with Crippen molar-refractivity contribution in [1.82, 2.24) is 9.21 Å². The molecule has 1 aliphatic heterocycles. The monoisotopic (exact) mass is 562 g/mol. The van der Waals surface area contributed by atoms with Gasteiger partial charge in [-0.05, 0) is 54.8 Å². The molecule has 0 N–H and O–H groups in total. The van der Waals surface area contributed by atoms with E-state index in [4.69, 9.17) is 4.74 Å². The molecule has 1 aromatic heterocycles. The van der Waals surface area contributed by atoms with Crippen molar-refractivity contribution >= 4 is 50.0 Å². The van der Waals surface area contributed by atoms with Gasteiger partial charge in [-0.2, -0.15) is 4.31 Å². The highest BCUT2D eigenvalue weighted by Gasteiger charge is 2.30. The number of benzene rings is 2. The summed E-state index contributed by atoms with van der Waals surface area (Å²) in [4.78, 5) is 17.8. The van der Waals surface area contributed by atoms with E-state index >= 15 is 0 Å². The molecule has 10 heteroatoms. The quantitative estimate of drug-likeness (QED) is 0.319. The van der Waals surface area contributed by atoms with E-state index < -0.39 is 10.0 Å². The van der Waals surface area contributed by atoms with Crippen LogP contribution in [0.15, 0.2) is 86.8 Å². The number of rotatable bonds is 11. The Bertz CT molecular complexity index is 1200. The van der Waals surface area contributed by atoms with Crippen molar-refractivity contribution < 1.29 is 17.9 Å². The number of ether oxygens (including phenoxy) is 1. The van der Waals surface area contributed by atoms with E-state index in [0.717, 1.165) is 22.9 Å². The molecule has 192 valence electrons. The predicted octanol–water partition coefficient (Wildman–Crippen LogP) is 5.18. The van der Waals surface area contributed by atoms with Crippen molar-refractivity contribution in [2.24, 2.45) is 0 Å². The molecule has 0 radical (unpaired) electrons. The molecular weight excluding hydrogens is 533 g/mol. The summed E-state index contributed by atoms with van der Waals surface area (Å²) in [7, 11) is -3.75. The molecule has 4 rings (SSSR count). The minimum atomic E-state index is -3.75. The fourth-order valence-electron chi connectivity index (χ4n) is 3.83. The molecule has 2 aromatic carbocycles. The second-order valence-corrected chi connectivity index (χ2v) is 13.4. The van der Waals surface area contributed by atoms with Crippen LogP contribution in [0.5, 0.6) is 0 Å². The van der Waals surface area contributed by atoms with Crippen LogP contribution in [0.1, 0.15) is 16.6 Å². The second kappa shape index (κ2) is 13.2. The predicted molar refractivity (Wildman–Crippen MR) is 149 cm³/mol. The summed E-state index contributed by atoms with van der Waals surface area (Å²) >= 11 is 4.17. The van der Waals surface area contributed by atoms with Crippen LogP contribution in [0.4, 0.5) is 0 Å². The zero-order valence-corrected chi connectivity index (χ0v) is 23.4. The van der Waals surface area contributed by atoms with Gasteiger partial charge in [0, 0.05) is 47.8 Å². The van der Waals surface area contributed by atoms with Crippen LogP contribution < -0.4 is 0 Å². The minimum absolute atomic E-state index is 0.0235. The van der Waals surface area contributed by atoms with Crippen LogP contribution in [0.25, 0.3) is 0 Å². The molecular formula is C26H30N2O4S4. The number of sulfonamides is 1. The van der Waals surface area contributed by atoms with Crippen LogP contribution in [0.3, 0.4) is 0 Å². The first-order valence-corrected chi connectivity index (χ1v) is 15.9. The third kappa shape index (κ3) is 7.44. The van der Waals surface area contributed by atoms with Gasteiger partial charge < -0.3 is 4.74 Å². The molecule has 1 fully saturated rings. The third-order valence-electron chi connectivity index (χ3n) is 5.82. The summed E-state index contributed by atoms with van der Waals surface area (Å²) in [5.74, 6) is 0.390. The molecule has 1 unspecified atom stereocenters. The minimum Gasteiger partial charge on any atom is -0.379 e. The van der Waals surface area contributed by atoms with E-state index in [1.165, 1.54) is 23.1 Å². The number of carbonyl (C=O) groups is 1. The van der Waals surface area contributed by atoms with E-state index in [-0.39, 0.29) is 16.1 Å². The summed E-state index contributed by atoms with van der Waals surface area (Å²) in [5.41, 5.74) is 0. The molecule has 6 nitrogen and oxygen atoms in total. The molecule has 1 atom stereocenters. The van der Waals surface area contributed by atoms with Crippen molar-refractivity contribution in [2.75, 3.05) is 45.1 Å². The van der Waals surface area contributed by atoms with Gasteiger partial charge in [-0.15, -0.1) is 11.3 Å². The number of nitrogens with zero attached hydrogens (tertiary/aromatic N) is 2. The first-order valence-electron chi connectivity index (χ1n) is 11.8. The van der Waals surface area contributed by atoms with Gasteiger partial charge in [-0.25, -0.2) is 8.42 Å². The summed E-state index contributed by atoms with van der Waals surface area (Å²) < 4.78 is 34.5. The van der Waals surface area contributed by atoms with E-state index in [2.05, 4.69) is 4.90 Å². The molecule has 0 bridgehead atoms. The maximum absolute atomic E-state index is 13.8. The molecule has 0 spiro atoms. The second-order valence-electron chi connectivity index (χ2n) is 8.38. The lowest BCUT2D eigenvalue weighted by atomic mass is 10.3. The Labute approximate surface area is 226 Å². The number of hydrogen-bond acceptors (Lipinski definition) is 8.